The lowest BCUT2D eigenvalue weighted by molar-refractivity contribution is -0.142. The van der Waals surface area contributed by atoms with Gasteiger partial charge < -0.3 is 5.32 Å². The third-order valence-corrected chi connectivity index (χ3v) is 3.83. The molecular weight excluding hydrogens is 310 g/mol. The monoisotopic (exact) mass is 326 g/mol. The molecule has 1 heterocycles. The summed E-state index contributed by atoms with van der Waals surface area (Å²) in [6.45, 7) is 3.70. The molecule has 124 valence electrons. The fraction of sp³-hybridized carbons (Fsp3) is 0.571. The highest BCUT2D eigenvalue weighted by atomic mass is 19.4. The van der Waals surface area contributed by atoms with Gasteiger partial charge in [-0.25, -0.2) is 0 Å². The molecule has 2 nitrogen and oxygen atoms in total. The van der Waals surface area contributed by atoms with Gasteiger partial charge in [-0.15, -0.1) is 0 Å². The van der Waals surface area contributed by atoms with Gasteiger partial charge in [0.15, 0.2) is 0 Å². The van der Waals surface area contributed by atoms with Gasteiger partial charge in [0.1, 0.15) is 0 Å². The van der Waals surface area contributed by atoms with Crippen molar-refractivity contribution in [3.8, 4) is 0 Å². The van der Waals surface area contributed by atoms with Crippen molar-refractivity contribution in [3.05, 3.63) is 34.9 Å². The molecule has 0 aliphatic carbocycles. The van der Waals surface area contributed by atoms with Gasteiger partial charge in [-0.2, -0.15) is 26.3 Å². The summed E-state index contributed by atoms with van der Waals surface area (Å²) < 4.78 is 77.7. The van der Waals surface area contributed by atoms with Gasteiger partial charge in [0.2, 0.25) is 0 Å². The highest BCUT2D eigenvalue weighted by molar-refractivity contribution is 5.37. The summed E-state index contributed by atoms with van der Waals surface area (Å²) in [5, 5.41) is 3.06. The number of halogens is 6. The number of hydrogen-bond donors (Lipinski definition) is 1. The maximum Gasteiger partial charge on any atom is 0.416 e. The maximum absolute atomic E-state index is 13.1. The summed E-state index contributed by atoms with van der Waals surface area (Å²) in [4.78, 5) is 1.75. The second-order valence-corrected chi connectivity index (χ2v) is 5.26. The van der Waals surface area contributed by atoms with E-state index in [1.807, 2.05) is 0 Å². The average molecular weight is 326 g/mol. The van der Waals surface area contributed by atoms with Crippen molar-refractivity contribution in [1.29, 1.82) is 0 Å². The fourth-order valence-electron chi connectivity index (χ4n) is 2.61. The molecule has 0 spiro atoms. The molecule has 1 atom stereocenters. The molecule has 2 rings (SSSR count). The van der Waals surface area contributed by atoms with E-state index in [2.05, 4.69) is 5.32 Å². The molecule has 8 heteroatoms. The molecule has 0 radical (unpaired) electrons. The van der Waals surface area contributed by atoms with Crippen molar-refractivity contribution in [2.24, 2.45) is 0 Å². The molecule has 1 aromatic rings. The highest BCUT2D eigenvalue weighted by Crippen LogP contribution is 2.39. The predicted molar refractivity (Wildman–Crippen MR) is 69.3 cm³/mol. The zero-order valence-corrected chi connectivity index (χ0v) is 11.9. The largest absolute Gasteiger partial charge is 0.416 e. The first kappa shape index (κ1) is 17.1. The number of benzene rings is 1. The summed E-state index contributed by atoms with van der Waals surface area (Å²) in [7, 11) is 0. The van der Waals surface area contributed by atoms with Gasteiger partial charge in [0, 0.05) is 32.2 Å². The minimum atomic E-state index is -4.68. The number of nitrogens with one attached hydrogen (secondary N) is 1. The van der Waals surface area contributed by atoms with Crippen molar-refractivity contribution < 1.29 is 26.3 Å². The predicted octanol–water partition coefficient (Wildman–Crippen LogP) is 3.69. The molecule has 1 saturated heterocycles. The molecule has 0 bridgehead atoms. The Kier molecular flexibility index (Phi) is 4.72. The molecule has 0 unspecified atom stereocenters. The van der Waals surface area contributed by atoms with E-state index in [1.54, 1.807) is 4.90 Å². The Balaban J connectivity index is 2.44. The van der Waals surface area contributed by atoms with Crippen molar-refractivity contribution in [2.75, 3.05) is 26.2 Å². The van der Waals surface area contributed by atoms with Crippen LogP contribution in [0, 0.1) is 0 Å². The smallest absolute Gasteiger partial charge is 0.314 e. The van der Waals surface area contributed by atoms with E-state index in [1.165, 1.54) is 6.92 Å². The van der Waals surface area contributed by atoms with Crippen LogP contribution in [0.4, 0.5) is 26.3 Å². The van der Waals surface area contributed by atoms with Crippen molar-refractivity contribution >= 4 is 0 Å². The van der Waals surface area contributed by atoms with E-state index >= 15 is 0 Å². The number of rotatable bonds is 2. The summed E-state index contributed by atoms with van der Waals surface area (Å²) in [6.07, 6.45) is -9.34. The first-order valence-electron chi connectivity index (χ1n) is 6.84. The molecule has 1 aliphatic rings. The van der Waals surface area contributed by atoms with E-state index in [-0.39, 0.29) is 5.56 Å². The van der Waals surface area contributed by atoms with Crippen LogP contribution in [-0.4, -0.2) is 31.1 Å². The second kappa shape index (κ2) is 6.08. The zero-order valence-electron chi connectivity index (χ0n) is 11.9. The molecular formula is C14H16F6N2. The first-order valence-corrected chi connectivity index (χ1v) is 6.84. The number of nitrogens with zero attached hydrogens (tertiary/aromatic N) is 1. The summed E-state index contributed by atoms with van der Waals surface area (Å²) in [6, 6.07) is 0.893. The third-order valence-electron chi connectivity index (χ3n) is 3.83. The van der Waals surface area contributed by atoms with Crippen LogP contribution >= 0.6 is 0 Å². The molecule has 22 heavy (non-hydrogen) atoms. The van der Waals surface area contributed by atoms with E-state index in [4.69, 9.17) is 0 Å². The quantitative estimate of drug-likeness (QED) is 0.834. The van der Waals surface area contributed by atoms with Gasteiger partial charge in [0.25, 0.3) is 0 Å². The molecule has 0 saturated carbocycles. The Hall–Kier alpha value is -1.28. The Morgan fingerprint density at radius 2 is 1.59 bits per heavy atom. The van der Waals surface area contributed by atoms with Crippen LogP contribution < -0.4 is 5.32 Å². The average Bonchev–Trinajstić information content (AvgIpc) is 2.45. The molecule has 1 aliphatic heterocycles. The van der Waals surface area contributed by atoms with Gasteiger partial charge in [-0.3, -0.25) is 4.90 Å². The van der Waals surface area contributed by atoms with Crippen molar-refractivity contribution in [1.82, 2.24) is 10.2 Å². The summed E-state index contributed by atoms with van der Waals surface area (Å²) >= 11 is 0. The van der Waals surface area contributed by atoms with E-state index in [0.717, 1.165) is 0 Å². The lowest BCUT2D eigenvalue weighted by Crippen LogP contribution is -2.44. The van der Waals surface area contributed by atoms with Gasteiger partial charge >= 0.3 is 12.4 Å². The molecule has 1 fully saturated rings. The summed E-state index contributed by atoms with van der Waals surface area (Å²) in [5.74, 6) is 0. The summed E-state index contributed by atoms with van der Waals surface area (Å²) in [5.41, 5.74) is -2.40. The minimum absolute atomic E-state index is 0.329. The Bertz CT molecular complexity index is 517. The third kappa shape index (κ3) is 3.73. The normalized spacial score (nSPS) is 19.2. The van der Waals surface area contributed by atoms with Gasteiger partial charge in [0.05, 0.1) is 11.1 Å². The van der Waals surface area contributed by atoms with E-state index < -0.39 is 29.5 Å². The molecule has 0 amide bonds. The van der Waals surface area contributed by atoms with Gasteiger partial charge in [-0.05, 0) is 30.7 Å². The maximum atomic E-state index is 13.1. The molecule has 1 N–H and O–H groups in total. The van der Waals surface area contributed by atoms with Crippen LogP contribution in [-0.2, 0) is 12.4 Å². The van der Waals surface area contributed by atoms with Crippen LogP contribution in [0.3, 0.4) is 0 Å². The van der Waals surface area contributed by atoms with Crippen LogP contribution in [0.15, 0.2) is 18.2 Å². The van der Waals surface area contributed by atoms with Crippen LogP contribution in [0.5, 0.6) is 0 Å². The first-order chi connectivity index (χ1) is 10.1. The number of hydrogen-bond acceptors (Lipinski definition) is 2. The van der Waals surface area contributed by atoms with Crippen LogP contribution in [0.1, 0.15) is 29.7 Å². The van der Waals surface area contributed by atoms with Crippen LogP contribution in [0.2, 0.25) is 0 Å². The van der Waals surface area contributed by atoms with Crippen molar-refractivity contribution in [3.63, 3.8) is 0 Å². The van der Waals surface area contributed by atoms with Gasteiger partial charge in [-0.1, -0.05) is 0 Å². The van der Waals surface area contributed by atoms with Crippen LogP contribution in [0.25, 0.3) is 0 Å². The molecule has 1 aromatic carbocycles. The van der Waals surface area contributed by atoms with Crippen molar-refractivity contribution in [2.45, 2.75) is 25.3 Å². The Morgan fingerprint density at radius 3 is 2.09 bits per heavy atom. The Labute approximate surface area is 124 Å². The minimum Gasteiger partial charge on any atom is -0.314 e. The number of alkyl halides is 6. The fourth-order valence-corrected chi connectivity index (χ4v) is 2.61. The number of piperazine rings is 1. The lowest BCUT2D eigenvalue weighted by Gasteiger charge is -2.34. The topological polar surface area (TPSA) is 15.3 Å². The Morgan fingerprint density at radius 1 is 1.00 bits per heavy atom. The lowest BCUT2D eigenvalue weighted by atomic mass is 9.96. The second-order valence-electron chi connectivity index (χ2n) is 5.26. The van der Waals surface area contributed by atoms with E-state index in [0.29, 0.717) is 44.4 Å². The molecule has 0 aromatic heterocycles. The highest BCUT2D eigenvalue weighted by Gasteiger charge is 2.38. The standard InChI is InChI=1S/C14H16F6N2/c1-9(22-6-4-21-5-7-22)11-8-10(13(15,16)17)2-3-12(11)14(18,19)20/h2-3,8-9,21H,4-7H2,1H3/t9-/m0/s1. The van der Waals surface area contributed by atoms with E-state index in [9.17, 15) is 26.3 Å². The SMILES string of the molecule is C[C@@H](c1cc(C(F)(F)F)ccc1C(F)(F)F)N1CCNCC1. The zero-order chi connectivity index (χ0) is 16.5.